The van der Waals surface area contributed by atoms with Crippen LogP contribution >= 0.6 is 23.3 Å². The molecule has 3 heterocycles. The van der Waals surface area contributed by atoms with Gasteiger partial charge in [0.25, 0.3) is 5.56 Å². The molecular weight excluding hydrogens is 406 g/mol. The first-order chi connectivity index (χ1) is 14.0. The third kappa shape index (κ3) is 4.30. The van der Waals surface area contributed by atoms with Crippen molar-refractivity contribution in [1.82, 2.24) is 19.3 Å². The van der Waals surface area contributed by atoms with Crippen molar-refractivity contribution in [1.29, 1.82) is 0 Å². The number of urea groups is 1. The second-order valence-electron chi connectivity index (χ2n) is 6.37. The molecule has 0 saturated carbocycles. The van der Waals surface area contributed by atoms with Gasteiger partial charge in [-0.2, -0.15) is 0 Å². The molecule has 0 spiro atoms. The number of carbonyl (C=O) groups excluding carboxylic acids is 1. The lowest BCUT2D eigenvalue weighted by Crippen LogP contribution is -2.23. The minimum Gasteiger partial charge on any atom is -0.306 e. The Labute approximate surface area is 175 Å². The van der Waals surface area contributed by atoms with Crippen LogP contribution in [0.2, 0.25) is 0 Å². The number of aromatic nitrogens is 3. The quantitative estimate of drug-likeness (QED) is 0.478. The molecule has 2 amide bonds. The molecule has 0 unspecified atom stereocenters. The lowest BCUT2D eigenvalue weighted by molar-refractivity contribution is 0.257. The molecule has 0 aliphatic carbocycles. The van der Waals surface area contributed by atoms with Crippen LogP contribution in [0.1, 0.15) is 10.4 Å². The third-order valence-electron chi connectivity index (χ3n) is 4.13. The summed E-state index contributed by atoms with van der Waals surface area (Å²) < 4.78 is 5.12. The molecule has 0 fully saturated rings. The van der Waals surface area contributed by atoms with Crippen molar-refractivity contribution >= 4 is 45.9 Å². The number of benzene rings is 1. The summed E-state index contributed by atoms with van der Waals surface area (Å²) in [6.07, 6.45) is 2.96. The van der Waals surface area contributed by atoms with Crippen LogP contribution in [0.5, 0.6) is 0 Å². The first-order valence-corrected chi connectivity index (χ1v) is 10.4. The van der Waals surface area contributed by atoms with E-state index in [0.717, 1.165) is 9.77 Å². The summed E-state index contributed by atoms with van der Waals surface area (Å²) in [5.41, 5.74) is 1.97. The standard InChI is InChI=1S/C20H17N5O2S2/c1-12-3-6-16-15(9-12)19(26)25(11-22-16)17-7-5-14(10-21-17)23-20(27)24-29-18-8-4-13(2)28-18/h3-11H,1-2H3,(H2,23,24,27). The smallest absolute Gasteiger partial charge is 0.306 e. The summed E-state index contributed by atoms with van der Waals surface area (Å²) in [6.45, 7) is 3.94. The fourth-order valence-electron chi connectivity index (χ4n) is 2.72. The van der Waals surface area contributed by atoms with Crippen LogP contribution in [0.3, 0.4) is 0 Å². The molecule has 3 aromatic heterocycles. The van der Waals surface area contributed by atoms with Crippen molar-refractivity contribution in [2.45, 2.75) is 18.1 Å². The van der Waals surface area contributed by atoms with Crippen LogP contribution in [0.15, 0.2) is 64.0 Å². The fraction of sp³-hybridized carbons (Fsp3) is 0.100. The topological polar surface area (TPSA) is 88.9 Å². The largest absolute Gasteiger partial charge is 0.329 e. The van der Waals surface area contributed by atoms with E-state index >= 15 is 0 Å². The molecule has 2 N–H and O–H groups in total. The maximum absolute atomic E-state index is 12.8. The molecule has 146 valence electrons. The van der Waals surface area contributed by atoms with Gasteiger partial charge < -0.3 is 5.32 Å². The van der Waals surface area contributed by atoms with Crippen LogP contribution in [0.25, 0.3) is 16.7 Å². The minimum atomic E-state index is -0.351. The van der Waals surface area contributed by atoms with Crippen LogP contribution < -0.4 is 15.6 Å². The maximum atomic E-state index is 12.8. The van der Waals surface area contributed by atoms with Gasteiger partial charge in [-0.25, -0.2) is 14.8 Å². The lowest BCUT2D eigenvalue weighted by atomic mass is 10.2. The predicted octanol–water partition coefficient (Wildman–Crippen LogP) is 4.29. The first kappa shape index (κ1) is 19.2. The van der Waals surface area contributed by atoms with Crippen LogP contribution in [0.4, 0.5) is 10.5 Å². The monoisotopic (exact) mass is 423 g/mol. The van der Waals surface area contributed by atoms with Gasteiger partial charge in [-0.1, -0.05) is 11.6 Å². The molecular formula is C20H17N5O2S2. The summed E-state index contributed by atoms with van der Waals surface area (Å²) >= 11 is 2.86. The number of hydrogen-bond acceptors (Lipinski definition) is 6. The lowest BCUT2D eigenvalue weighted by Gasteiger charge is -2.08. The normalized spacial score (nSPS) is 10.8. The van der Waals surface area contributed by atoms with E-state index in [1.54, 1.807) is 23.5 Å². The van der Waals surface area contributed by atoms with Gasteiger partial charge in [-0.05, 0) is 62.2 Å². The number of amides is 2. The van der Waals surface area contributed by atoms with Crippen LogP contribution in [0, 0.1) is 13.8 Å². The molecule has 0 bridgehead atoms. The van der Waals surface area contributed by atoms with Crippen LogP contribution in [-0.4, -0.2) is 20.6 Å². The van der Waals surface area contributed by atoms with Crippen molar-refractivity contribution < 1.29 is 4.79 Å². The second kappa shape index (κ2) is 8.06. The Bertz CT molecular complexity index is 1250. The van der Waals surface area contributed by atoms with Gasteiger partial charge in [0.05, 0.1) is 27.0 Å². The maximum Gasteiger partial charge on any atom is 0.329 e. The molecule has 0 radical (unpaired) electrons. The Kier molecular flexibility index (Phi) is 5.32. The summed E-state index contributed by atoms with van der Waals surface area (Å²) in [5, 5.41) is 3.26. The number of aryl methyl sites for hydroxylation is 2. The van der Waals surface area contributed by atoms with E-state index in [0.29, 0.717) is 22.4 Å². The van der Waals surface area contributed by atoms with Crippen molar-refractivity contribution in [3.05, 3.63) is 75.8 Å². The van der Waals surface area contributed by atoms with Gasteiger partial charge >= 0.3 is 6.03 Å². The summed E-state index contributed by atoms with van der Waals surface area (Å²) in [5.74, 6) is 0.431. The zero-order valence-electron chi connectivity index (χ0n) is 15.7. The van der Waals surface area contributed by atoms with Crippen molar-refractivity contribution in [3.8, 4) is 5.82 Å². The highest BCUT2D eigenvalue weighted by Crippen LogP contribution is 2.24. The zero-order valence-corrected chi connectivity index (χ0v) is 17.3. The fourth-order valence-corrected chi connectivity index (χ4v) is 4.38. The van der Waals surface area contributed by atoms with E-state index in [9.17, 15) is 9.59 Å². The van der Waals surface area contributed by atoms with E-state index in [4.69, 9.17) is 0 Å². The highest BCUT2D eigenvalue weighted by molar-refractivity contribution is 7.99. The summed E-state index contributed by atoms with van der Waals surface area (Å²) in [4.78, 5) is 34.6. The minimum absolute atomic E-state index is 0.188. The van der Waals surface area contributed by atoms with E-state index in [-0.39, 0.29) is 11.6 Å². The molecule has 9 heteroatoms. The Hall–Kier alpha value is -3.17. The predicted molar refractivity (Wildman–Crippen MR) is 117 cm³/mol. The number of hydrogen-bond donors (Lipinski definition) is 2. The molecule has 0 atom stereocenters. The molecule has 4 aromatic rings. The average Bonchev–Trinajstić information content (AvgIpc) is 3.13. The Morgan fingerprint density at radius 3 is 2.69 bits per heavy atom. The Morgan fingerprint density at radius 2 is 1.97 bits per heavy atom. The number of nitrogens with one attached hydrogen (secondary N) is 2. The Morgan fingerprint density at radius 1 is 1.10 bits per heavy atom. The first-order valence-electron chi connectivity index (χ1n) is 8.74. The molecule has 29 heavy (non-hydrogen) atoms. The van der Waals surface area contributed by atoms with E-state index in [2.05, 4.69) is 20.0 Å². The van der Waals surface area contributed by atoms with Crippen molar-refractivity contribution in [3.63, 3.8) is 0 Å². The van der Waals surface area contributed by atoms with E-state index < -0.39 is 0 Å². The third-order valence-corrected chi connectivity index (χ3v) is 6.05. The van der Waals surface area contributed by atoms with Gasteiger partial charge in [0.15, 0.2) is 0 Å². The number of fused-ring (bicyclic) bond motifs is 1. The molecule has 0 aliphatic rings. The van der Waals surface area contributed by atoms with Gasteiger partial charge in [-0.3, -0.25) is 14.1 Å². The SMILES string of the molecule is Cc1ccc2ncn(-c3ccc(NC(=O)NSc4ccc(C)s4)cn3)c(=O)c2c1. The zero-order chi connectivity index (χ0) is 20.4. The molecule has 1 aromatic carbocycles. The molecule has 0 aliphatic heterocycles. The average molecular weight is 424 g/mol. The number of thiophene rings is 1. The number of pyridine rings is 1. The summed E-state index contributed by atoms with van der Waals surface area (Å²) in [7, 11) is 0. The van der Waals surface area contributed by atoms with Crippen LogP contribution in [-0.2, 0) is 0 Å². The van der Waals surface area contributed by atoms with Gasteiger partial charge in [0, 0.05) is 4.88 Å². The van der Waals surface area contributed by atoms with E-state index in [1.807, 2.05) is 44.2 Å². The second-order valence-corrected chi connectivity index (χ2v) is 8.76. The highest BCUT2D eigenvalue weighted by Gasteiger charge is 2.08. The molecule has 4 rings (SSSR count). The van der Waals surface area contributed by atoms with Crippen molar-refractivity contribution in [2.24, 2.45) is 0 Å². The van der Waals surface area contributed by atoms with Gasteiger partial charge in [-0.15, -0.1) is 11.3 Å². The number of anilines is 1. The number of carbonyl (C=O) groups is 1. The summed E-state index contributed by atoms with van der Waals surface area (Å²) in [6, 6.07) is 12.5. The van der Waals surface area contributed by atoms with Gasteiger partial charge in [0.1, 0.15) is 12.1 Å². The highest BCUT2D eigenvalue weighted by atomic mass is 32.2. The van der Waals surface area contributed by atoms with E-state index in [1.165, 1.54) is 33.9 Å². The van der Waals surface area contributed by atoms with Gasteiger partial charge in [0.2, 0.25) is 0 Å². The number of nitrogens with zero attached hydrogens (tertiary/aromatic N) is 3. The Balaban J connectivity index is 1.48. The molecule has 7 nitrogen and oxygen atoms in total. The number of rotatable bonds is 4. The van der Waals surface area contributed by atoms with Crippen molar-refractivity contribution in [2.75, 3.05) is 5.32 Å². The molecule has 0 saturated heterocycles.